The quantitative estimate of drug-likeness (QED) is 0.809. The van der Waals surface area contributed by atoms with Gasteiger partial charge in [-0.05, 0) is 21.9 Å². The average molecular weight is 254 g/mol. The molecule has 98 valence electrons. The summed E-state index contributed by atoms with van der Waals surface area (Å²) in [4.78, 5) is 11.6. The van der Waals surface area contributed by atoms with E-state index in [1.165, 1.54) is 6.21 Å². The minimum atomic E-state index is -0.00730. The van der Waals surface area contributed by atoms with Crippen molar-refractivity contribution in [3.63, 3.8) is 0 Å². The Hall–Kier alpha value is -2.16. The van der Waals surface area contributed by atoms with Crippen LogP contribution >= 0.6 is 0 Å². The fourth-order valence-electron chi connectivity index (χ4n) is 2.05. The Labute approximate surface area is 113 Å². The van der Waals surface area contributed by atoms with Crippen molar-refractivity contribution in [3.05, 3.63) is 47.5 Å². The van der Waals surface area contributed by atoms with E-state index in [0.717, 1.165) is 21.9 Å². The topological polar surface area (TPSA) is 53.0 Å². The van der Waals surface area contributed by atoms with Crippen LogP contribution in [0.5, 0.6) is 0 Å². The molecule has 0 spiro atoms. The number of carbonyl (C=O) groups is 1. The zero-order valence-corrected chi connectivity index (χ0v) is 11.2. The molecule has 0 aliphatic carbocycles. The minimum Gasteiger partial charge on any atom is -0.352 e. The summed E-state index contributed by atoms with van der Waals surface area (Å²) in [6.45, 7) is 4.28. The molecule has 0 bridgehead atoms. The van der Waals surface area contributed by atoms with Gasteiger partial charge >= 0.3 is 0 Å². The van der Waals surface area contributed by atoms with Crippen LogP contribution in [0, 0.1) is 11.3 Å². The zero-order valence-electron chi connectivity index (χ0n) is 11.2. The summed E-state index contributed by atoms with van der Waals surface area (Å²) in [5.41, 5.74) is 1.98. The van der Waals surface area contributed by atoms with Crippen molar-refractivity contribution < 1.29 is 4.79 Å². The van der Waals surface area contributed by atoms with E-state index in [9.17, 15) is 4.79 Å². The summed E-state index contributed by atoms with van der Waals surface area (Å²) in [7, 11) is 0. The molecule has 2 rings (SSSR count). The second-order valence-corrected chi connectivity index (χ2v) is 4.88. The molecular formula is C16H18N2O. The lowest BCUT2D eigenvalue weighted by molar-refractivity contribution is -0.124. The fraction of sp³-hybridized carbons (Fsp3) is 0.250. The fourth-order valence-corrected chi connectivity index (χ4v) is 2.05. The number of hydrogen-bond acceptors (Lipinski definition) is 2. The van der Waals surface area contributed by atoms with Gasteiger partial charge in [0.2, 0.25) is 5.91 Å². The minimum absolute atomic E-state index is 0.00730. The van der Waals surface area contributed by atoms with E-state index >= 15 is 0 Å². The van der Waals surface area contributed by atoms with Gasteiger partial charge in [0.1, 0.15) is 0 Å². The smallest absolute Gasteiger partial charge is 0.222 e. The zero-order chi connectivity index (χ0) is 13.8. The molecule has 2 N–H and O–H groups in total. The Balaban J connectivity index is 2.34. The molecule has 2 aromatic rings. The standard InChI is InChI=1S/C16H18N2O/c1-11(2)16(19)18-10-13-8-7-12(9-17)14-5-3-4-6-15(13)14/h3-9,11,17H,10H2,1-2H3,(H,18,19). The van der Waals surface area contributed by atoms with Gasteiger partial charge < -0.3 is 10.7 Å². The summed E-state index contributed by atoms with van der Waals surface area (Å²) < 4.78 is 0. The van der Waals surface area contributed by atoms with Gasteiger partial charge in [0.25, 0.3) is 0 Å². The normalized spacial score (nSPS) is 10.7. The first kappa shape index (κ1) is 13.3. The molecule has 0 aromatic heterocycles. The molecule has 0 aliphatic heterocycles. The molecule has 3 nitrogen and oxygen atoms in total. The van der Waals surface area contributed by atoms with Crippen molar-refractivity contribution in [3.8, 4) is 0 Å². The van der Waals surface area contributed by atoms with Gasteiger partial charge in [-0.15, -0.1) is 0 Å². The van der Waals surface area contributed by atoms with E-state index in [2.05, 4.69) is 5.32 Å². The Morgan fingerprint density at radius 2 is 1.89 bits per heavy atom. The van der Waals surface area contributed by atoms with E-state index in [1.54, 1.807) is 0 Å². The molecular weight excluding hydrogens is 236 g/mol. The van der Waals surface area contributed by atoms with Crippen molar-refractivity contribution >= 4 is 22.9 Å². The van der Waals surface area contributed by atoms with Crippen molar-refractivity contribution in [2.45, 2.75) is 20.4 Å². The van der Waals surface area contributed by atoms with Crippen molar-refractivity contribution in [1.29, 1.82) is 5.41 Å². The largest absolute Gasteiger partial charge is 0.352 e. The second kappa shape index (κ2) is 5.65. The van der Waals surface area contributed by atoms with Crippen LogP contribution in [0.15, 0.2) is 36.4 Å². The summed E-state index contributed by atoms with van der Waals surface area (Å²) in [6, 6.07) is 11.9. The molecule has 0 unspecified atom stereocenters. The SMILES string of the molecule is CC(C)C(=O)NCc1ccc(C=N)c2ccccc12. The van der Waals surface area contributed by atoms with Gasteiger partial charge in [-0.25, -0.2) is 0 Å². The van der Waals surface area contributed by atoms with E-state index in [1.807, 2.05) is 50.2 Å². The summed E-state index contributed by atoms with van der Waals surface area (Å²) in [5, 5.41) is 12.5. The lowest BCUT2D eigenvalue weighted by Gasteiger charge is -2.11. The van der Waals surface area contributed by atoms with Crippen LogP contribution in [0.3, 0.4) is 0 Å². The molecule has 0 saturated carbocycles. The third-order valence-electron chi connectivity index (χ3n) is 3.18. The van der Waals surface area contributed by atoms with Gasteiger partial charge in [-0.2, -0.15) is 0 Å². The summed E-state index contributed by atoms with van der Waals surface area (Å²) >= 11 is 0. The Morgan fingerprint density at radius 3 is 2.53 bits per heavy atom. The first-order valence-electron chi connectivity index (χ1n) is 6.42. The van der Waals surface area contributed by atoms with Crippen molar-refractivity contribution in [2.75, 3.05) is 0 Å². The predicted molar refractivity (Wildman–Crippen MR) is 78.5 cm³/mol. The number of nitrogens with one attached hydrogen (secondary N) is 2. The molecule has 3 heteroatoms. The molecule has 0 aliphatic rings. The maximum absolute atomic E-state index is 11.6. The molecule has 0 atom stereocenters. The number of benzene rings is 2. The monoisotopic (exact) mass is 254 g/mol. The lowest BCUT2D eigenvalue weighted by atomic mass is 10.00. The third kappa shape index (κ3) is 2.81. The van der Waals surface area contributed by atoms with Crippen LogP contribution in [0.2, 0.25) is 0 Å². The number of hydrogen-bond donors (Lipinski definition) is 2. The molecule has 2 aromatic carbocycles. The first-order chi connectivity index (χ1) is 9.13. The highest BCUT2D eigenvalue weighted by molar-refractivity contribution is 6.00. The summed E-state index contributed by atoms with van der Waals surface area (Å²) in [6.07, 6.45) is 1.36. The highest BCUT2D eigenvalue weighted by Gasteiger charge is 2.08. The first-order valence-corrected chi connectivity index (χ1v) is 6.42. The molecule has 0 saturated heterocycles. The highest BCUT2D eigenvalue weighted by atomic mass is 16.1. The number of fused-ring (bicyclic) bond motifs is 1. The highest BCUT2D eigenvalue weighted by Crippen LogP contribution is 2.21. The van der Waals surface area contributed by atoms with Gasteiger partial charge in [-0.1, -0.05) is 50.2 Å². The maximum Gasteiger partial charge on any atom is 0.222 e. The molecule has 0 heterocycles. The van der Waals surface area contributed by atoms with Crippen molar-refractivity contribution in [1.82, 2.24) is 5.32 Å². The second-order valence-electron chi connectivity index (χ2n) is 4.88. The van der Waals surface area contributed by atoms with Gasteiger partial charge in [0.05, 0.1) is 0 Å². The van der Waals surface area contributed by atoms with Crippen LogP contribution in [0.1, 0.15) is 25.0 Å². The van der Waals surface area contributed by atoms with Crippen LogP contribution < -0.4 is 5.32 Å². The van der Waals surface area contributed by atoms with Crippen LogP contribution in [-0.4, -0.2) is 12.1 Å². The van der Waals surface area contributed by atoms with Gasteiger partial charge in [-0.3, -0.25) is 4.79 Å². The number of amides is 1. The van der Waals surface area contributed by atoms with E-state index in [4.69, 9.17) is 5.41 Å². The van der Waals surface area contributed by atoms with Gasteiger partial charge in [0.15, 0.2) is 0 Å². The van der Waals surface area contributed by atoms with Gasteiger partial charge in [0, 0.05) is 18.7 Å². The molecule has 1 amide bonds. The summed E-state index contributed by atoms with van der Waals surface area (Å²) in [5.74, 6) is 0.0484. The Kier molecular flexibility index (Phi) is 3.95. The number of carbonyl (C=O) groups excluding carboxylic acids is 1. The van der Waals surface area contributed by atoms with Crippen LogP contribution in [0.4, 0.5) is 0 Å². The van der Waals surface area contributed by atoms with Crippen LogP contribution in [-0.2, 0) is 11.3 Å². The van der Waals surface area contributed by atoms with E-state index in [-0.39, 0.29) is 11.8 Å². The Bertz CT molecular complexity index is 617. The van der Waals surface area contributed by atoms with Crippen LogP contribution in [0.25, 0.3) is 10.8 Å². The third-order valence-corrected chi connectivity index (χ3v) is 3.18. The van der Waals surface area contributed by atoms with Crippen molar-refractivity contribution in [2.24, 2.45) is 5.92 Å². The van der Waals surface area contributed by atoms with E-state index in [0.29, 0.717) is 6.54 Å². The maximum atomic E-state index is 11.6. The van der Waals surface area contributed by atoms with E-state index < -0.39 is 0 Å². The predicted octanol–water partition coefficient (Wildman–Crippen LogP) is 3.11. The molecule has 0 radical (unpaired) electrons. The average Bonchev–Trinajstić information content (AvgIpc) is 2.44. The lowest BCUT2D eigenvalue weighted by Crippen LogP contribution is -2.27. The number of rotatable bonds is 4. The molecule has 0 fully saturated rings. The Morgan fingerprint density at radius 1 is 1.21 bits per heavy atom. The molecule has 19 heavy (non-hydrogen) atoms.